The molecule has 3 aromatic heterocycles. The fourth-order valence-electron chi connectivity index (χ4n) is 3.65. The van der Waals surface area contributed by atoms with Crippen LogP contribution in [0.25, 0.3) is 5.65 Å². The van der Waals surface area contributed by atoms with Crippen molar-refractivity contribution in [2.75, 3.05) is 13.1 Å². The van der Waals surface area contributed by atoms with Crippen molar-refractivity contribution >= 4 is 5.65 Å². The smallest absolute Gasteiger partial charge is 0.159 e. The third kappa shape index (κ3) is 2.89. The van der Waals surface area contributed by atoms with Crippen molar-refractivity contribution in [2.24, 2.45) is 0 Å². The van der Waals surface area contributed by atoms with Gasteiger partial charge in [0.15, 0.2) is 5.65 Å². The van der Waals surface area contributed by atoms with E-state index in [0.29, 0.717) is 5.92 Å². The van der Waals surface area contributed by atoms with Gasteiger partial charge in [-0.3, -0.25) is 4.90 Å². The van der Waals surface area contributed by atoms with Gasteiger partial charge in [0.1, 0.15) is 6.33 Å². The largest absolute Gasteiger partial charge is 0.298 e. The van der Waals surface area contributed by atoms with Crippen LogP contribution in [0.15, 0.2) is 30.9 Å². The topological polar surface area (TPSA) is 59.2 Å². The highest BCUT2D eigenvalue weighted by molar-refractivity contribution is 5.47. The molecule has 1 fully saturated rings. The second-order valence-electron chi connectivity index (χ2n) is 6.65. The zero-order valence-corrected chi connectivity index (χ0v) is 14.2. The molecule has 0 bridgehead atoms. The van der Waals surface area contributed by atoms with Crippen molar-refractivity contribution < 1.29 is 0 Å². The van der Waals surface area contributed by atoms with Crippen molar-refractivity contribution in [2.45, 2.75) is 39.2 Å². The van der Waals surface area contributed by atoms with E-state index in [9.17, 15) is 0 Å². The maximum atomic E-state index is 4.69. The molecule has 124 valence electrons. The van der Waals surface area contributed by atoms with Crippen LogP contribution in [0.5, 0.6) is 0 Å². The molecule has 0 N–H and O–H groups in total. The average molecular weight is 322 g/mol. The second-order valence-corrected chi connectivity index (χ2v) is 6.65. The first-order valence-corrected chi connectivity index (χ1v) is 8.50. The molecule has 0 aromatic carbocycles. The number of hydrogen-bond donors (Lipinski definition) is 0. The summed E-state index contributed by atoms with van der Waals surface area (Å²) < 4.78 is 1.94. The number of hydrogen-bond acceptors (Lipinski definition) is 5. The summed E-state index contributed by atoms with van der Waals surface area (Å²) in [4.78, 5) is 15.7. The number of rotatable bonds is 3. The van der Waals surface area contributed by atoms with Gasteiger partial charge < -0.3 is 0 Å². The molecule has 1 aliphatic heterocycles. The molecule has 4 rings (SSSR count). The summed E-state index contributed by atoms with van der Waals surface area (Å²) in [6.45, 7) is 7.14. The van der Waals surface area contributed by atoms with E-state index in [1.807, 2.05) is 29.9 Å². The van der Waals surface area contributed by atoms with E-state index < -0.39 is 0 Å². The van der Waals surface area contributed by atoms with Crippen LogP contribution in [-0.2, 0) is 6.54 Å². The first kappa shape index (κ1) is 15.2. The minimum absolute atomic E-state index is 0.486. The van der Waals surface area contributed by atoms with E-state index in [-0.39, 0.29) is 0 Å². The van der Waals surface area contributed by atoms with Crippen LogP contribution in [0.1, 0.15) is 41.4 Å². The van der Waals surface area contributed by atoms with E-state index in [1.54, 1.807) is 6.33 Å². The third-order valence-electron chi connectivity index (χ3n) is 4.77. The number of aryl methyl sites for hydroxylation is 2. The molecule has 0 spiro atoms. The SMILES string of the molecule is Cc1cc(C)n2ncc(CN3CCC[C@@H](c4ccncn4)C3)c2n1. The Kier molecular flexibility index (Phi) is 3.98. The summed E-state index contributed by atoms with van der Waals surface area (Å²) in [6, 6.07) is 4.10. The summed E-state index contributed by atoms with van der Waals surface area (Å²) in [7, 11) is 0. The molecule has 0 unspecified atom stereocenters. The Labute approximate surface area is 141 Å². The molecule has 3 aromatic rings. The standard InChI is InChI=1S/C18H22N6/c1-13-8-14(2)24-18(22-13)16(9-21-24)11-23-7-3-4-15(10-23)17-5-6-19-12-20-17/h5-6,8-9,12,15H,3-4,7,10-11H2,1-2H3/t15-/m1/s1. The van der Waals surface area contributed by atoms with Gasteiger partial charge in [0, 0.05) is 47.8 Å². The lowest BCUT2D eigenvalue weighted by molar-refractivity contribution is 0.199. The maximum Gasteiger partial charge on any atom is 0.159 e. The van der Waals surface area contributed by atoms with Crippen LogP contribution in [0.2, 0.25) is 0 Å². The van der Waals surface area contributed by atoms with Gasteiger partial charge in [-0.25, -0.2) is 19.5 Å². The van der Waals surface area contributed by atoms with Gasteiger partial charge in [0.2, 0.25) is 0 Å². The van der Waals surface area contributed by atoms with Crippen molar-refractivity contribution in [1.82, 2.24) is 29.5 Å². The summed E-state index contributed by atoms with van der Waals surface area (Å²) in [5.41, 5.74) is 5.50. The van der Waals surface area contributed by atoms with E-state index in [2.05, 4.69) is 33.0 Å². The highest BCUT2D eigenvalue weighted by Gasteiger charge is 2.23. The number of fused-ring (bicyclic) bond motifs is 1. The van der Waals surface area contributed by atoms with Crippen LogP contribution in [0, 0.1) is 13.8 Å². The van der Waals surface area contributed by atoms with Gasteiger partial charge in [-0.2, -0.15) is 5.10 Å². The lowest BCUT2D eigenvalue weighted by Crippen LogP contribution is -2.34. The third-order valence-corrected chi connectivity index (χ3v) is 4.77. The fourth-order valence-corrected chi connectivity index (χ4v) is 3.65. The predicted octanol–water partition coefficient (Wildman–Crippen LogP) is 2.52. The predicted molar refractivity (Wildman–Crippen MR) is 91.7 cm³/mol. The van der Waals surface area contributed by atoms with Crippen LogP contribution >= 0.6 is 0 Å². The Morgan fingerprint density at radius 3 is 3.04 bits per heavy atom. The van der Waals surface area contributed by atoms with Crippen molar-refractivity contribution in [3.05, 3.63) is 53.5 Å². The Morgan fingerprint density at radius 1 is 1.29 bits per heavy atom. The first-order chi connectivity index (χ1) is 11.7. The Balaban J connectivity index is 1.55. The molecular weight excluding hydrogens is 300 g/mol. The van der Waals surface area contributed by atoms with Gasteiger partial charge in [-0.15, -0.1) is 0 Å². The number of likely N-dealkylation sites (tertiary alicyclic amines) is 1. The zero-order valence-electron chi connectivity index (χ0n) is 14.2. The maximum absolute atomic E-state index is 4.69. The molecule has 6 heteroatoms. The number of aromatic nitrogens is 5. The van der Waals surface area contributed by atoms with Crippen LogP contribution < -0.4 is 0 Å². The summed E-state index contributed by atoms with van der Waals surface area (Å²) in [5.74, 6) is 0.486. The van der Waals surface area contributed by atoms with Crippen LogP contribution in [0.3, 0.4) is 0 Å². The highest BCUT2D eigenvalue weighted by atomic mass is 15.3. The van der Waals surface area contributed by atoms with Crippen LogP contribution in [-0.4, -0.2) is 42.6 Å². The number of piperidine rings is 1. The van der Waals surface area contributed by atoms with Gasteiger partial charge in [0.25, 0.3) is 0 Å². The molecular formula is C18H22N6. The lowest BCUT2D eigenvalue weighted by atomic mass is 9.94. The van der Waals surface area contributed by atoms with Gasteiger partial charge in [-0.05, 0) is 45.4 Å². The van der Waals surface area contributed by atoms with Gasteiger partial charge >= 0.3 is 0 Å². The van der Waals surface area contributed by atoms with E-state index in [1.165, 1.54) is 18.4 Å². The molecule has 1 saturated heterocycles. The van der Waals surface area contributed by atoms with Crippen molar-refractivity contribution in [1.29, 1.82) is 0 Å². The molecule has 0 aliphatic carbocycles. The summed E-state index contributed by atoms with van der Waals surface area (Å²) in [6.07, 6.45) is 7.83. The van der Waals surface area contributed by atoms with Crippen molar-refractivity contribution in [3.63, 3.8) is 0 Å². The molecule has 6 nitrogen and oxygen atoms in total. The minimum atomic E-state index is 0.486. The van der Waals surface area contributed by atoms with Gasteiger partial charge in [0.05, 0.1) is 6.20 Å². The average Bonchev–Trinajstić information content (AvgIpc) is 2.99. The Morgan fingerprint density at radius 2 is 2.21 bits per heavy atom. The lowest BCUT2D eigenvalue weighted by Gasteiger charge is -2.32. The molecule has 0 saturated carbocycles. The molecule has 0 radical (unpaired) electrons. The molecule has 0 amide bonds. The Bertz CT molecular complexity index is 841. The second kappa shape index (κ2) is 6.28. The summed E-state index contributed by atoms with van der Waals surface area (Å²) in [5, 5.41) is 4.51. The van der Waals surface area contributed by atoms with E-state index in [0.717, 1.165) is 42.4 Å². The monoisotopic (exact) mass is 322 g/mol. The summed E-state index contributed by atoms with van der Waals surface area (Å²) >= 11 is 0. The first-order valence-electron chi connectivity index (χ1n) is 8.50. The molecule has 1 atom stereocenters. The molecule has 4 heterocycles. The van der Waals surface area contributed by atoms with E-state index >= 15 is 0 Å². The number of nitrogens with zero attached hydrogens (tertiary/aromatic N) is 6. The zero-order chi connectivity index (χ0) is 16.5. The van der Waals surface area contributed by atoms with Gasteiger partial charge in [-0.1, -0.05) is 0 Å². The normalized spacial score (nSPS) is 19.0. The fraction of sp³-hybridized carbons (Fsp3) is 0.444. The minimum Gasteiger partial charge on any atom is -0.298 e. The molecule has 1 aliphatic rings. The molecule has 24 heavy (non-hydrogen) atoms. The van der Waals surface area contributed by atoms with Crippen molar-refractivity contribution in [3.8, 4) is 0 Å². The Hall–Kier alpha value is -2.34. The van der Waals surface area contributed by atoms with E-state index in [4.69, 9.17) is 4.98 Å². The highest BCUT2D eigenvalue weighted by Crippen LogP contribution is 2.26. The van der Waals surface area contributed by atoms with Crippen LogP contribution in [0.4, 0.5) is 0 Å². The quantitative estimate of drug-likeness (QED) is 0.741.